The molecule has 1 saturated heterocycles. The Kier molecular flexibility index (Phi) is 5.75. The Morgan fingerprint density at radius 3 is 2.53 bits per heavy atom. The summed E-state index contributed by atoms with van der Waals surface area (Å²) in [6, 6.07) is 17.9. The molecular formula is C25H25N3O5S. The fraction of sp³-hybridized carbons (Fsp3) is 0.280. The number of ether oxygens (including phenoxy) is 1. The van der Waals surface area contributed by atoms with E-state index in [0.717, 1.165) is 10.8 Å². The largest absolute Gasteiger partial charge is 0.479 e. The molecule has 5 rings (SSSR count). The van der Waals surface area contributed by atoms with Gasteiger partial charge in [0.1, 0.15) is 5.75 Å². The Morgan fingerprint density at radius 1 is 1.03 bits per heavy atom. The fourth-order valence-electron chi connectivity index (χ4n) is 4.37. The maximum absolute atomic E-state index is 13.2. The minimum atomic E-state index is -3.63. The van der Waals surface area contributed by atoms with Crippen LogP contribution in [0.3, 0.4) is 0 Å². The van der Waals surface area contributed by atoms with Crippen LogP contribution in [0.2, 0.25) is 0 Å². The molecule has 1 fully saturated rings. The number of anilines is 2. The molecule has 0 saturated carbocycles. The van der Waals surface area contributed by atoms with Crippen LogP contribution in [0.1, 0.15) is 19.8 Å². The highest BCUT2D eigenvalue weighted by Crippen LogP contribution is 2.33. The van der Waals surface area contributed by atoms with Gasteiger partial charge < -0.3 is 15.4 Å². The standard InChI is InChI=1S/C25H25N3O5S/c1-16-24(29)27-22-15-20(7-9-23(22)33-16)26-25(30)18-10-12-28(13-11-18)34(31,32)21-8-6-17-4-2-3-5-19(17)14-21/h2-9,14-16,18H,10-13H2,1H3,(H,26,30)(H,27,29). The van der Waals surface area contributed by atoms with E-state index in [-0.39, 0.29) is 35.7 Å². The van der Waals surface area contributed by atoms with Crippen molar-refractivity contribution in [3.8, 4) is 5.75 Å². The van der Waals surface area contributed by atoms with Crippen molar-refractivity contribution in [1.82, 2.24) is 4.31 Å². The van der Waals surface area contributed by atoms with Gasteiger partial charge in [0.15, 0.2) is 6.10 Å². The minimum absolute atomic E-state index is 0.167. The summed E-state index contributed by atoms with van der Waals surface area (Å²) in [5.74, 6) is -0.155. The lowest BCUT2D eigenvalue weighted by Gasteiger charge is -2.30. The molecule has 3 aromatic rings. The number of nitrogens with one attached hydrogen (secondary N) is 2. The number of hydrogen-bond donors (Lipinski definition) is 2. The Morgan fingerprint density at radius 2 is 1.76 bits per heavy atom. The van der Waals surface area contributed by atoms with Gasteiger partial charge in [0, 0.05) is 24.7 Å². The molecule has 2 amide bonds. The highest BCUT2D eigenvalue weighted by molar-refractivity contribution is 7.89. The average Bonchev–Trinajstić information content (AvgIpc) is 2.84. The lowest BCUT2D eigenvalue weighted by Crippen LogP contribution is -2.41. The number of sulfonamides is 1. The van der Waals surface area contributed by atoms with Crippen LogP contribution in [0, 0.1) is 5.92 Å². The number of hydrogen-bond acceptors (Lipinski definition) is 5. The van der Waals surface area contributed by atoms with Gasteiger partial charge in [0.2, 0.25) is 15.9 Å². The summed E-state index contributed by atoms with van der Waals surface area (Å²) in [5.41, 5.74) is 1.06. The first kappa shape index (κ1) is 22.4. The zero-order chi connectivity index (χ0) is 23.9. The van der Waals surface area contributed by atoms with E-state index in [1.165, 1.54) is 4.31 Å². The van der Waals surface area contributed by atoms with Gasteiger partial charge in [-0.25, -0.2) is 8.42 Å². The van der Waals surface area contributed by atoms with Crippen molar-refractivity contribution in [3.05, 3.63) is 60.7 Å². The van der Waals surface area contributed by atoms with Crippen molar-refractivity contribution >= 4 is 44.0 Å². The second-order valence-corrected chi connectivity index (χ2v) is 10.6. The summed E-state index contributed by atoms with van der Waals surface area (Å²) in [6.45, 7) is 2.22. The van der Waals surface area contributed by atoms with E-state index in [9.17, 15) is 18.0 Å². The molecule has 1 atom stereocenters. The highest BCUT2D eigenvalue weighted by atomic mass is 32.2. The Labute approximate surface area is 197 Å². The van der Waals surface area contributed by atoms with Gasteiger partial charge in [-0.1, -0.05) is 30.3 Å². The number of carbonyl (C=O) groups is 2. The van der Waals surface area contributed by atoms with E-state index < -0.39 is 16.1 Å². The molecule has 2 heterocycles. The van der Waals surface area contributed by atoms with E-state index >= 15 is 0 Å². The third-order valence-corrected chi connectivity index (χ3v) is 8.26. The maximum Gasteiger partial charge on any atom is 0.265 e. The van der Waals surface area contributed by atoms with Crippen LogP contribution in [-0.4, -0.2) is 43.7 Å². The quantitative estimate of drug-likeness (QED) is 0.595. The maximum atomic E-state index is 13.2. The molecule has 0 bridgehead atoms. The van der Waals surface area contributed by atoms with Gasteiger partial charge in [-0.15, -0.1) is 0 Å². The first-order chi connectivity index (χ1) is 16.3. The molecule has 176 valence electrons. The summed E-state index contributed by atoms with van der Waals surface area (Å²) in [4.78, 5) is 24.9. The first-order valence-electron chi connectivity index (χ1n) is 11.2. The normalized spacial score (nSPS) is 19.2. The van der Waals surface area contributed by atoms with E-state index in [1.807, 2.05) is 30.3 Å². The van der Waals surface area contributed by atoms with Crippen molar-refractivity contribution in [1.29, 1.82) is 0 Å². The average molecular weight is 480 g/mol. The molecule has 0 aromatic heterocycles. The summed E-state index contributed by atoms with van der Waals surface area (Å²) < 4.78 is 33.3. The molecule has 2 N–H and O–H groups in total. The third kappa shape index (κ3) is 4.24. The van der Waals surface area contributed by atoms with E-state index in [1.54, 1.807) is 37.3 Å². The number of rotatable bonds is 4. The molecule has 0 spiro atoms. The Hall–Kier alpha value is -3.43. The number of piperidine rings is 1. The fourth-order valence-corrected chi connectivity index (χ4v) is 5.87. The van der Waals surface area contributed by atoms with Gasteiger partial charge in [-0.05, 0) is 60.9 Å². The van der Waals surface area contributed by atoms with Crippen LogP contribution in [0.15, 0.2) is 65.6 Å². The summed E-state index contributed by atoms with van der Waals surface area (Å²) in [5, 5.41) is 7.50. The minimum Gasteiger partial charge on any atom is -0.479 e. The van der Waals surface area contributed by atoms with Gasteiger partial charge in [-0.2, -0.15) is 4.31 Å². The van der Waals surface area contributed by atoms with Crippen LogP contribution in [-0.2, 0) is 19.6 Å². The van der Waals surface area contributed by atoms with E-state index in [2.05, 4.69) is 10.6 Å². The van der Waals surface area contributed by atoms with Gasteiger partial charge in [0.05, 0.1) is 10.6 Å². The molecule has 2 aliphatic rings. The van der Waals surface area contributed by atoms with E-state index in [4.69, 9.17) is 4.74 Å². The number of benzene rings is 3. The van der Waals surface area contributed by atoms with Crippen molar-refractivity contribution in [2.75, 3.05) is 23.7 Å². The highest BCUT2D eigenvalue weighted by Gasteiger charge is 2.32. The predicted octanol–water partition coefficient (Wildman–Crippen LogP) is 3.60. The smallest absolute Gasteiger partial charge is 0.265 e. The van der Waals surface area contributed by atoms with Crippen LogP contribution >= 0.6 is 0 Å². The molecule has 2 aliphatic heterocycles. The van der Waals surface area contributed by atoms with Crippen LogP contribution in [0.4, 0.5) is 11.4 Å². The van der Waals surface area contributed by atoms with Gasteiger partial charge in [-0.3, -0.25) is 9.59 Å². The zero-order valence-electron chi connectivity index (χ0n) is 18.7. The molecule has 0 aliphatic carbocycles. The van der Waals surface area contributed by atoms with Crippen molar-refractivity contribution < 1.29 is 22.7 Å². The molecule has 34 heavy (non-hydrogen) atoms. The van der Waals surface area contributed by atoms with Crippen LogP contribution in [0.25, 0.3) is 10.8 Å². The number of amides is 2. The summed E-state index contributed by atoms with van der Waals surface area (Å²) in [7, 11) is -3.63. The van der Waals surface area contributed by atoms with Crippen LogP contribution < -0.4 is 15.4 Å². The molecule has 3 aromatic carbocycles. The first-order valence-corrected chi connectivity index (χ1v) is 12.7. The number of carbonyl (C=O) groups excluding carboxylic acids is 2. The summed E-state index contributed by atoms with van der Waals surface area (Å²) in [6.07, 6.45) is 0.297. The van der Waals surface area contributed by atoms with Crippen molar-refractivity contribution in [3.63, 3.8) is 0 Å². The zero-order valence-corrected chi connectivity index (χ0v) is 19.5. The summed E-state index contributed by atoms with van der Waals surface area (Å²) >= 11 is 0. The lowest BCUT2D eigenvalue weighted by molar-refractivity contribution is -0.122. The third-order valence-electron chi connectivity index (χ3n) is 6.36. The second kappa shape index (κ2) is 8.73. The second-order valence-electron chi connectivity index (χ2n) is 8.64. The van der Waals surface area contributed by atoms with Gasteiger partial charge >= 0.3 is 0 Å². The molecule has 1 unspecified atom stereocenters. The van der Waals surface area contributed by atoms with Crippen molar-refractivity contribution in [2.24, 2.45) is 5.92 Å². The van der Waals surface area contributed by atoms with Crippen LogP contribution in [0.5, 0.6) is 5.75 Å². The Balaban J connectivity index is 1.23. The molecule has 8 nitrogen and oxygen atoms in total. The van der Waals surface area contributed by atoms with Crippen molar-refractivity contribution in [2.45, 2.75) is 30.8 Å². The van der Waals surface area contributed by atoms with E-state index in [0.29, 0.717) is 30.0 Å². The molecule has 9 heteroatoms. The number of fused-ring (bicyclic) bond motifs is 2. The SMILES string of the molecule is CC1Oc2ccc(NC(=O)C3CCN(S(=O)(=O)c4ccc5ccccc5c4)CC3)cc2NC1=O. The molecule has 0 radical (unpaired) electrons. The Bertz CT molecular complexity index is 1380. The predicted molar refractivity (Wildman–Crippen MR) is 129 cm³/mol. The van der Waals surface area contributed by atoms with Gasteiger partial charge in [0.25, 0.3) is 5.91 Å². The monoisotopic (exact) mass is 479 g/mol. The topological polar surface area (TPSA) is 105 Å². The lowest BCUT2D eigenvalue weighted by atomic mass is 9.97. The number of nitrogens with zero attached hydrogens (tertiary/aromatic N) is 1. The molecular weight excluding hydrogens is 454 g/mol.